The molecule has 0 aromatic rings. The summed E-state index contributed by atoms with van der Waals surface area (Å²) in [6, 6.07) is 0. The van der Waals surface area contributed by atoms with Gasteiger partial charge in [-0.05, 0) is 13.3 Å². The van der Waals surface area contributed by atoms with Crippen LogP contribution < -0.4 is 0 Å². The van der Waals surface area contributed by atoms with E-state index in [1.54, 1.807) is 0 Å². The number of hydrogen-bond acceptors (Lipinski definition) is 0. The quantitative estimate of drug-likeness (QED) is 0.271. The first-order valence-electron chi connectivity index (χ1n) is 2.56. The third-order valence-corrected chi connectivity index (χ3v) is 0. The Hall–Kier alpha value is -1.40. The van der Waals surface area contributed by atoms with Crippen LogP contribution in [0.1, 0.15) is 0 Å². The topological polar surface area (TPSA) is 0 Å². The van der Waals surface area contributed by atoms with Crippen molar-refractivity contribution in [2.24, 2.45) is 0 Å². The minimum absolute atomic E-state index is 0. The van der Waals surface area contributed by atoms with Crippen molar-refractivity contribution in [3.05, 3.63) is 6.66 Å². The van der Waals surface area contributed by atoms with Gasteiger partial charge in [0.25, 0.3) is 0 Å². The Morgan fingerprint density at radius 3 is 1.00 bits per heavy atom. The molecular formula is C6H17P2Rf2-. The van der Waals surface area contributed by atoms with E-state index < -0.39 is 0 Å². The molecule has 0 aliphatic rings. The summed E-state index contributed by atoms with van der Waals surface area (Å²) in [5, 5.41) is 0. The molecule has 0 aliphatic carbocycles. The molecule has 4 heteroatoms. The summed E-state index contributed by atoms with van der Waals surface area (Å²) in [4.78, 5) is 0. The molecule has 56 valence electrons. The maximum atomic E-state index is 3.74. The van der Waals surface area contributed by atoms with Crippen molar-refractivity contribution in [2.75, 3.05) is 20.0 Å². The molecule has 0 aliphatic heterocycles. The molecule has 0 saturated heterocycles. The van der Waals surface area contributed by atoms with Crippen molar-refractivity contribution in [1.82, 2.24) is 0 Å². The SMILES string of the molecule is C=[PH](C)C.C=[PH]([CH2-])C.[Rf].[Rf]. The molecule has 1 unspecified atom stereocenters. The summed E-state index contributed by atoms with van der Waals surface area (Å²) in [7, 11) is -0.509. The van der Waals surface area contributed by atoms with E-state index in [2.05, 4.69) is 32.6 Å². The molecule has 0 radical (unpaired) electrons. The summed E-state index contributed by atoms with van der Waals surface area (Å²) >= 11 is 0. The Labute approximate surface area is 55.1 Å². The van der Waals surface area contributed by atoms with Gasteiger partial charge in [0.15, 0.2) is 0 Å². The van der Waals surface area contributed by atoms with Crippen molar-refractivity contribution in [2.45, 2.75) is 0 Å². The fraction of sp³-hybridized carbons (Fsp3) is 0.500. The Kier molecular flexibility index (Phi) is 36.7. The molecule has 0 bridgehead atoms. The molecule has 10 heavy (non-hydrogen) atoms. The van der Waals surface area contributed by atoms with Gasteiger partial charge in [0.2, 0.25) is 0 Å². The molecule has 0 rings (SSSR count). The van der Waals surface area contributed by atoms with Crippen molar-refractivity contribution in [1.29, 1.82) is 0 Å². The van der Waals surface area contributed by atoms with Crippen LogP contribution in [0.5, 0.6) is 0 Å². The van der Waals surface area contributed by atoms with Gasteiger partial charge in [0, 0.05) is 0 Å². The van der Waals surface area contributed by atoms with E-state index in [0.29, 0.717) is 0 Å². The molecule has 0 fully saturated rings. The summed E-state index contributed by atoms with van der Waals surface area (Å²) in [5.41, 5.74) is 0. The van der Waals surface area contributed by atoms with E-state index in [9.17, 15) is 0 Å². The molecule has 0 nitrogen and oxygen atoms in total. The molecule has 1 atom stereocenters. The van der Waals surface area contributed by atoms with Crippen LogP contribution in [0, 0.1) is 6.66 Å². The van der Waals surface area contributed by atoms with Gasteiger partial charge in [-0.15, -0.1) is 20.1 Å². The molecule has 0 N–H and O–H groups in total. The smallest absolute Gasteiger partial charge is 0 e. The first kappa shape index (κ1) is 23.5. The van der Waals surface area contributed by atoms with E-state index in [1.165, 1.54) is 0 Å². The van der Waals surface area contributed by atoms with E-state index >= 15 is 0 Å². The predicted molar refractivity (Wildman–Crippen MR) is 54.0 cm³/mol. The Morgan fingerprint density at radius 1 is 1.00 bits per heavy atom. The molecule has 0 amide bonds. The van der Waals surface area contributed by atoms with Crippen molar-refractivity contribution < 1.29 is 0 Å². The summed E-state index contributed by atoms with van der Waals surface area (Å²) in [6.07, 6.45) is 7.37. The molecule has 0 saturated carbocycles. The Bertz CT molecular complexity index is 71.7. The van der Waals surface area contributed by atoms with Crippen LogP contribution in [-0.2, 0) is 0 Å². The molecule has 0 heterocycles. The minimum atomic E-state index is -0.380. The van der Waals surface area contributed by atoms with Crippen LogP contribution in [0.15, 0.2) is 0 Å². The van der Waals surface area contributed by atoms with Gasteiger partial charge in [-0.2, -0.15) is 0 Å². The van der Waals surface area contributed by atoms with E-state index in [1.807, 2.05) is 6.66 Å². The van der Waals surface area contributed by atoms with Crippen LogP contribution in [0.4, 0.5) is 0 Å². The maximum absolute atomic E-state index is 3.74. The molecular weight excluding hydrogens is 668 g/mol. The molecule has 0 spiro atoms. The van der Waals surface area contributed by atoms with Gasteiger partial charge in [-0.25, -0.2) is 0 Å². The zero-order chi connectivity index (χ0) is 7.15. The van der Waals surface area contributed by atoms with E-state index in [0.717, 1.165) is 0 Å². The fourth-order valence-corrected chi connectivity index (χ4v) is 0. The summed E-state index contributed by atoms with van der Waals surface area (Å²) in [5.74, 6) is 0. The monoisotopic (exact) mass is 685 g/mol. The predicted octanol–water partition coefficient (Wildman–Crippen LogP) is 1.95. The summed E-state index contributed by atoms with van der Waals surface area (Å²) in [6.45, 7) is 9.99. The van der Waals surface area contributed by atoms with Crippen LogP contribution in [0.2, 0.25) is 0 Å². The fourth-order valence-electron chi connectivity index (χ4n) is 0. The zero-order valence-electron chi connectivity index (χ0n) is 7.54. The molecule has 0 aromatic carbocycles. The van der Waals surface area contributed by atoms with E-state index in [4.69, 9.17) is 0 Å². The van der Waals surface area contributed by atoms with Gasteiger partial charge in [0.1, 0.15) is 0 Å². The third-order valence-electron chi connectivity index (χ3n) is 0. The van der Waals surface area contributed by atoms with Crippen molar-refractivity contribution >= 4 is 27.7 Å². The first-order chi connectivity index (χ1) is 3.46. The van der Waals surface area contributed by atoms with Crippen LogP contribution in [0.25, 0.3) is 0 Å². The van der Waals surface area contributed by atoms with Gasteiger partial charge >= 0.3 is 0 Å². The molecule has 0 aromatic heterocycles. The minimum Gasteiger partial charge on any atom is -0.319 e. The number of rotatable bonds is 0. The number of hydrogen-bond donors (Lipinski definition) is 0. The van der Waals surface area contributed by atoms with Gasteiger partial charge in [-0.1, -0.05) is 6.66 Å². The van der Waals surface area contributed by atoms with Crippen LogP contribution >= 0.6 is 15.1 Å². The van der Waals surface area contributed by atoms with E-state index in [-0.39, 0.29) is 15.1 Å². The Balaban J connectivity index is -0.0000000300. The van der Waals surface area contributed by atoms with Crippen molar-refractivity contribution in [3.63, 3.8) is 0 Å². The average Bonchev–Trinajstić information content (AvgIpc) is 1.25. The normalized spacial score (nSPS) is 9.70. The summed E-state index contributed by atoms with van der Waals surface area (Å²) < 4.78 is 0. The van der Waals surface area contributed by atoms with Crippen LogP contribution in [0.3, 0.4) is 0 Å². The third kappa shape index (κ3) is 106. The second-order valence-corrected chi connectivity index (χ2v) is 6.49. The maximum Gasteiger partial charge on any atom is 0 e. The zero-order valence-corrected chi connectivity index (χ0v) is 22.3. The Morgan fingerprint density at radius 2 is 1.00 bits per heavy atom. The van der Waals surface area contributed by atoms with Gasteiger partial charge < -0.3 is 6.66 Å². The average molecular weight is 685 g/mol. The van der Waals surface area contributed by atoms with Gasteiger partial charge in [0.05, 0.1) is 0 Å². The van der Waals surface area contributed by atoms with Crippen molar-refractivity contribution in [3.8, 4) is 0 Å². The van der Waals surface area contributed by atoms with Gasteiger partial charge in [-0.3, -0.25) is 7.55 Å². The first-order valence-corrected chi connectivity index (χ1v) is 7.68. The standard InChI is InChI=1S/C3H9P.C3H8P.2Rf/c2*1-4(2)3;;/h4H,1H2,2-3H3;4H,1-2H2,3H3;;/q;-1;;. The largest absolute Gasteiger partial charge is 0.319 e. The second kappa shape index (κ2) is 15.6. The second-order valence-electron chi connectivity index (χ2n) is 2.16. The van der Waals surface area contributed by atoms with Crippen LogP contribution in [-0.4, -0.2) is 32.6 Å².